The van der Waals surface area contributed by atoms with Crippen molar-refractivity contribution in [2.75, 3.05) is 52.9 Å². The Balaban J connectivity index is 1.48. The monoisotopic (exact) mass is 389 g/mol. The van der Waals surface area contributed by atoms with Gasteiger partial charge in [0.2, 0.25) is 0 Å². The largest absolute Gasteiger partial charge is 0.459 e. The van der Waals surface area contributed by atoms with Gasteiger partial charge in [-0.2, -0.15) is 0 Å². The van der Waals surface area contributed by atoms with Gasteiger partial charge in [-0.3, -0.25) is 9.79 Å². The van der Waals surface area contributed by atoms with Gasteiger partial charge in [-0.15, -0.1) is 0 Å². The Morgan fingerprint density at radius 3 is 2.57 bits per heavy atom. The number of hydrogen-bond acceptors (Lipinski definition) is 4. The highest BCUT2D eigenvalue weighted by molar-refractivity contribution is 5.91. The molecule has 1 saturated carbocycles. The summed E-state index contributed by atoms with van der Waals surface area (Å²) >= 11 is 0. The normalized spacial score (nSPS) is 19.3. The first-order chi connectivity index (χ1) is 13.7. The second-order valence-corrected chi connectivity index (χ2v) is 7.76. The minimum Gasteiger partial charge on any atom is -0.459 e. The predicted octanol–water partition coefficient (Wildman–Crippen LogP) is 2.27. The van der Waals surface area contributed by atoms with Crippen LogP contribution in [0.5, 0.6) is 0 Å². The molecule has 156 valence electrons. The first-order valence-electron chi connectivity index (χ1n) is 10.8. The van der Waals surface area contributed by atoms with Crippen LogP contribution in [0.15, 0.2) is 27.8 Å². The van der Waals surface area contributed by atoms with Crippen molar-refractivity contribution in [1.82, 2.24) is 20.0 Å². The molecule has 0 unspecified atom stereocenters. The summed E-state index contributed by atoms with van der Waals surface area (Å²) in [5.74, 6) is 1.35. The number of hydrogen-bond donors (Lipinski definition) is 1. The van der Waals surface area contributed by atoms with Crippen molar-refractivity contribution in [3.05, 3.63) is 24.2 Å². The molecule has 7 heteroatoms. The second-order valence-electron chi connectivity index (χ2n) is 7.76. The van der Waals surface area contributed by atoms with E-state index in [4.69, 9.17) is 9.41 Å². The molecule has 0 atom stereocenters. The lowest BCUT2D eigenvalue weighted by atomic mass is 9.94. The van der Waals surface area contributed by atoms with Gasteiger partial charge in [-0.1, -0.05) is 19.3 Å². The lowest BCUT2D eigenvalue weighted by molar-refractivity contribution is 0.0657. The van der Waals surface area contributed by atoms with Crippen molar-refractivity contribution in [3.63, 3.8) is 0 Å². The first-order valence-corrected chi connectivity index (χ1v) is 10.8. The summed E-state index contributed by atoms with van der Waals surface area (Å²) in [6.45, 7) is 7.70. The maximum atomic E-state index is 12.4. The van der Waals surface area contributed by atoms with E-state index in [1.807, 2.05) is 4.90 Å². The molecule has 28 heavy (non-hydrogen) atoms. The van der Waals surface area contributed by atoms with Crippen LogP contribution in [-0.4, -0.2) is 85.5 Å². The number of aliphatic imine (C=N–C) groups is 1. The quantitative estimate of drug-likeness (QED) is 0.597. The number of furan rings is 1. The molecule has 2 aliphatic rings. The summed E-state index contributed by atoms with van der Waals surface area (Å²) in [6.07, 6.45) is 8.31. The zero-order valence-corrected chi connectivity index (χ0v) is 17.4. The lowest BCUT2D eigenvalue weighted by Gasteiger charge is -2.36. The molecule has 2 heterocycles. The molecule has 1 aliphatic heterocycles. The van der Waals surface area contributed by atoms with E-state index in [0.29, 0.717) is 18.8 Å². The average molecular weight is 390 g/mol. The first kappa shape index (κ1) is 20.7. The number of piperazine rings is 1. The summed E-state index contributed by atoms with van der Waals surface area (Å²) in [7, 11) is 2.23. The third-order valence-electron chi connectivity index (χ3n) is 5.85. The summed E-state index contributed by atoms with van der Waals surface area (Å²) in [5, 5.41) is 3.41. The van der Waals surface area contributed by atoms with Crippen molar-refractivity contribution >= 4 is 11.9 Å². The summed E-state index contributed by atoms with van der Waals surface area (Å²) < 4.78 is 5.24. The molecule has 7 nitrogen and oxygen atoms in total. The van der Waals surface area contributed by atoms with Gasteiger partial charge in [0.15, 0.2) is 11.7 Å². The molecule has 0 spiro atoms. The number of amides is 1. The van der Waals surface area contributed by atoms with Crippen LogP contribution in [0.4, 0.5) is 0 Å². The fourth-order valence-electron chi connectivity index (χ4n) is 4.12. The van der Waals surface area contributed by atoms with E-state index in [2.05, 4.69) is 29.1 Å². The number of likely N-dealkylation sites (N-methyl/N-ethyl adjacent to an activating group) is 1. The number of nitrogens with zero attached hydrogens (tertiary/aromatic N) is 4. The smallest absolute Gasteiger partial charge is 0.289 e. The maximum absolute atomic E-state index is 12.4. The standard InChI is InChI=1S/C21H35N5O2/c1-3-22-21(23-11-12-24(2)18-8-5-4-6-9-18)26-15-13-25(14-16-26)20(27)19-10-7-17-28-19/h7,10,17-18H,3-6,8-9,11-16H2,1-2H3,(H,22,23). The molecule has 0 aromatic carbocycles. The fraction of sp³-hybridized carbons (Fsp3) is 0.714. The Morgan fingerprint density at radius 1 is 1.21 bits per heavy atom. The molecule has 3 rings (SSSR count). The van der Waals surface area contributed by atoms with Crippen LogP contribution in [0.1, 0.15) is 49.6 Å². The minimum absolute atomic E-state index is 0.0271. The summed E-state index contributed by atoms with van der Waals surface area (Å²) in [4.78, 5) is 23.9. The topological polar surface area (TPSA) is 64.3 Å². The molecule has 1 aromatic rings. The molecule has 1 aliphatic carbocycles. The van der Waals surface area contributed by atoms with Gasteiger partial charge in [0, 0.05) is 45.3 Å². The van der Waals surface area contributed by atoms with Crippen molar-refractivity contribution in [2.45, 2.75) is 45.1 Å². The fourth-order valence-corrected chi connectivity index (χ4v) is 4.12. The van der Waals surface area contributed by atoms with Crippen LogP contribution in [0, 0.1) is 0 Å². The lowest BCUT2D eigenvalue weighted by Crippen LogP contribution is -2.53. The zero-order chi connectivity index (χ0) is 19.8. The third kappa shape index (κ3) is 5.50. The Hall–Kier alpha value is -2.02. The highest BCUT2D eigenvalue weighted by atomic mass is 16.3. The molecular weight excluding hydrogens is 354 g/mol. The molecule has 1 amide bonds. The average Bonchev–Trinajstić information content (AvgIpc) is 3.28. The number of carbonyl (C=O) groups is 1. The van der Waals surface area contributed by atoms with Gasteiger partial charge in [0.05, 0.1) is 12.8 Å². The van der Waals surface area contributed by atoms with Crippen molar-refractivity contribution in [3.8, 4) is 0 Å². The van der Waals surface area contributed by atoms with E-state index in [0.717, 1.165) is 44.7 Å². The molecular formula is C21H35N5O2. The van der Waals surface area contributed by atoms with Crippen molar-refractivity contribution < 1.29 is 9.21 Å². The number of guanidine groups is 1. The Bertz CT molecular complexity index is 617. The molecule has 2 fully saturated rings. The number of nitrogens with one attached hydrogen (secondary N) is 1. The minimum atomic E-state index is -0.0271. The van der Waals surface area contributed by atoms with Gasteiger partial charge in [-0.05, 0) is 38.9 Å². The Kier molecular flexibility index (Phi) is 7.77. The Morgan fingerprint density at radius 2 is 1.93 bits per heavy atom. The van der Waals surface area contributed by atoms with Crippen molar-refractivity contribution in [2.24, 2.45) is 4.99 Å². The Labute approximate surface area is 168 Å². The van der Waals surface area contributed by atoms with E-state index in [1.165, 1.54) is 32.1 Å². The van der Waals surface area contributed by atoms with Crippen LogP contribution >= 0.6 is 0 Å². The van der Waals surface area contributed by atoms with E-state index in [1.54, 1.807) is 18.4 Å². The summed E-state index contributed by atoms with van der Waals surface area (Å²) in [6, 6.07) is 4.20. The second kappa shape index (κ2) is 10.5. The van der Waals surface area contributed by atoms with Crippen LogP contribution in [0.2, 0.25) is 0 Å². The summed E-state index contributed by atoms with van der Waals surface area (Å²) in [5.41, 5.74) is 0. The van der Waals surface area contributed by atoms with E-state index in [-0.39, 0.29) is 5.91 Å². The molecule has 0 radical (unpaired) electrons. The van der Waals surface area contributed by atoms with E-state index in [9.17, 15) is 4.79 Å². The van der Waals surface area contributed by atoms with Gasteiger partial charge in [0.1, 0.15) is 0 Å². The SMILES string of the molecule is CCNC(=NCCN(C)C1CCCCC1)N1CCN(C(=O)c2ccco2)CC1. The number of rotatable bonds is 6. The highest BCUT2D eigenvalue weighted by Gasteiger charge is 2.25. The predicted molar refractivity (Wildman–Crippen MR) is 112 cm³/mol. The van der Waals surface area contributed by atoms with Crippen molar-refractivity contribution in [1.29, 1.82) is 0 Å². The molecule has 1 saturated heterocycles. The highest BCUT2D eigenvalue weighted by Crippen LogP contribution is 2.21. The van der Waals surface area contributed by atoms with Gasteiger partial charge < -0.3 is 24.4 Å². The number of carbonyl (C=O) groups excluding carboxylic acids is 1. The van der Waals surface area contributed by atoms with E-state index < -0.39 is 0 Å². The third-order valence-corrected chi connectivity index (χ3v) is 5.85. The van der Waals surface area contributed by atoms with Crippen LogP contribution in [0.3, 0.4) is 0 Å². The van der Waals surface area contributed by atoms with E-state index >= 15 is 0 Å². The molecule has 0 bridgehead atoms. The zero-order valence-electron chi connectivity index (χ0n) is 17.4. The van der Waals surface area contributed by atoms with Gasteiger partial charge in [-0.25, -0.2) is 0 Å². The molecule has 1 aromatic heterocycles. The van der Waals surface area contributed by atoms with Crippen LogP contribution in [-0.2, 0) is 0 Å². The maximum Gasteiger partial charge on any atom is 0.289 e. The van der Waals surface area contributed by atoms with Crippen LogP contribution < -0.4 is 5.32 Å². The van der Waals surface area contributed by atoms with Crippen LogP contribution in [0.25, 0.3) is 0 Å². The molecule has 1 N–H and O–H groups in total. The van der Waals surface area contributed by atoms with Gasteiger partial charge >= 0.3 is 0 Å². The van der Waals surface area contributed by atoms with Gasteiger partial charge in [0.25, 0.3) is 5.91 Å².